The summed E-state index contributed by atoms with van der Waals surface area (Å²) >= 11 is 5.95. The van der Waals surface area contributed by atoms with Crippen LogP contribution in [0.15, 0.2) is 24.3 Å². The van der Waals surface area contributed by atoms with Gasteiger partial charge < -0.3 is 10.4 Å². The van der Waals surface area contributed by atoms with E-state index < -0.39 is 5.60 Å². The van der Waals surface area contributed by atoms with Crippen LogP contribution in [0.25, 0.3) is 0 Å². The summed E-state index contributed by atoms with van der Waals surface area (Å²) in [6, 6.07) is 7.86. The first-order chi connectivity index (χ1) is 9.11. The van der Waals surface area contributed by atoms with E-state index in [1.54, 1.807) is 0 Å². The van der Waals surface area contributed by atoms with Crippen molar-refractivity contribution in [3.63, 3.8) is 0 Å². The number of nitrogens with one attached hydrogen (secondary N) is 1. The van der Waals surface area contributed by atoms with E-state index in [0.29, 0.717) is 6.54 Å². The summed E-state index contributed by atoms with van der Waals surface area (Å²) in [4.78, 5) is 0. The molecule has 19 heavy (non-hydrogen) atoms. The Morgan fingerprint density at radius 1 is 1.37 bits per heavy atom. The van der Waals surface area contributed by atoms with E-state index in [1.807, 2.05) is 18.2 Å². The Morgan fingerprint density at radius 2 is 2.11 bits per heavy atom. The molecule has 0 saturated heterocycles. The minimum absolute atomic E-state index is 0.510. The summed E-state index contributed by atoms with van der Waals surface area (Å²) in [5, 5.41) is 14.7. The van der Waals surface area contributed by atoms with Crippen molar-refractivity contribution < 1.29 is 5.11 Å². The quantitative estimate of drug-likeness (QED) is 0.861. The summed E-state index contributed by atoms with van der Waals surface area (Å²) in [6.45, 7) is 3.68. The highest BCUT2D eigenvalue weighted by molar-refractivity contribution is 6.30. The van der Waals surface area contributed by atoms with E-state index in [0.717, 1.165) is 43.2 Å². The van der Waals surface area contributed by atoms with Crippen LogP contribution in [0.4, 0.5) is 0 Å². The highest BCUT2D eigenvalue weighted by atomic mass is 35.5. The normalized spacial score (nSPS) is 27.4. The lowest BCUT2D eigenvalue weighted by Gasteiger charge is -2.36. The van der Waals surface area contributed by atoms with Crippen molar-refractivity contribution in [1.29, 1.82) is 0 Å². The van der Waals surface area contributed by atoms with Gasteiger partial charge in [-0.05, 0) is 49.3 Å². The molecule has 3 heteroatoms. The summed E-state index contributed by atoms with van der Waals surface area (Å²) in [7, 11) is 0. The molecule has 1 fully saturated rings. The van der Waals surface area contributed by atoms with E-state index in [4.69, 9.17) is 11.6 Å². The van der Waals surface area contributed by atoms with Gasteiger partial charge in [0.1, 0.15) is 0 Å². The predicted molar refractivity (Wildman–Crippen MR) is 80.4 cm³/mol. The maximum absolute atomic E-state index is 10.5. The number of hydrogen-bond donors (Lipinski definition) is 2. The molecule has 0 radical (unpaired) electrons. The number of benzene rings is 1. The van der Waals surface area contributed by atoms with Gasteiger partial charge in [-0.25, -0.2) is 0 Å². The first-order valence-corrected chi connectivity index (χ1v) is 7.67. The van der Waals surface area contributed by atoms with Crippen LogP contribution in [0.1, 0.15) is 44.6 Å². The van der Waals surface area contributed by atoms with Crippen LogP contribution in [-0.2, 0) is 6.54 Å². The van der Waals surface area contributed by atoms with E-state index in [9.17, 15) is 5.11 Å². The van der Waals surface area contributed by atoms with Gasteiger partial charge in [0, 0.05) is 18.1 Å². The van der Waals surface area contributed by atoms with Gasteiger partial charge in [0.2, 0.25) is 0 Å². The monoisotopic (exact) mass is 281 g/mol. The van der Waals surface area contributed by atoms with Crippen LogP contribution in [0.5, 0.6) is 0 Å². The number of aliphatic hydroxyl groups is 1. The second-order valence-electron chi connectivity index (χ2n) is 5.81. The highest BCUT2D eigenvalue weighted by Crippen LogP contribution is 2.33. The Hall–Kier alpha value is -0.570. The van der Waals surface area contributed by atoms with E-state index in [-0.39, 0.29) is 0 Å². The number of halogens is 1. The minimum atomic E-state index is -0.510. The molecule has 1 saturated carbocycles. The Kier molecular flexibility index (Phi) is 5.26. The average molecular weight is 282 g/mol. The van der Waals surface area contributed by atoms with E-state index in [1.165, 1.54) is 12.0 Å². The summed E-state index contributed by atoms with van der Waals surface area (Å²) in [5.41, 5.74) is 0.655. The molecule has 1 aliphatic rings. The summed E-state index contributed by atoms with van der Waals surface area (Å²) in [5.74, 6) is 0.813. The third-order valence-corrected chi connectivity index (χ3v) is 4.52. The molecule has 2 nitrogen and oxygen atoms in total. The van der Waals surface area contributed by atoms with Crippen LogP contribution < -0.4 is 5.32 Å². The zero-order valence-corrected chi connectivity index (χ0v) is 12.4. The van der Waals surface area contributed by atoms with Gasteiger partial charge in [-0.1, -0.05) is 37.1 Å². The molecule has 1 aromatic rings. The summed E-state index contributed by atoms with van der Waals surface area (Å²) < 4.78 is 0. The fraction of sp³-hybridized carbons (Fsp3) is 0.625. The molecule has 0 amide bonds. The smallest absolute Gasteiger partial charge is 0.0771 e. The van der Waals surface area contributed by atoms with Gasteiger partial charge in [0.15, 0.2) is 0 Å². The molecule has 106 valence electrons. The van der Waals surface area contributed by atoms with Crippen LogP contribution in [0.3, 0.4) is 0 Å². The fourth-order valence-corrected chi connectivity index (χ4v) is 3.10. The van der Waals surface area contributed by atoms with Gasteiger partial charge in [-0.15, -0.1) is 0 Å². The number of hydrogen-bond acceptors (Lipinski definition) is 2. The van der Waals surface area contributed by atoms with Crippen LogP contribution in [0, 0.1) is 5.92 Å². The lowest BCUT2D eigenvalue weighted by molar-refractivity contribution is -0.00880. The van der Waals surface area contributed by atoms with Crippen LogP contribution in [-0.4, -0.2) is 17.3 Å². The van der Waals surface area contributed by atoms with E-state index >= 15 is 0 Å². The Bertz CT molecular complexity index is 399. The molecule has 2 N–H and O–H groups in total. The zero-order valence-electron chi connectivity index (χ0n) is 11.7. The van der Waals surface area contributed by atoms with Gasteiger partial charge in [0.25, 0.3) is 0 Å². The van der Waals surface area contributed by atoms with Crippen molar-refractivity contribution >= 4 is 11.6 Å². The predicted octanol–water partition coefficient (Wildman–Crippen LogP) is 3.76. The largest absolute Gasteiger partial charge is 0.389 e. The second kappa shape index (κ2) is 6.74. The molecule has 0 heterocycles. The SMILES string of the molecule is CCC1CCC(O)(CNCc2cccc(Cl)c2)CC1. The van der Waals surface area contributed by atoms with Crippen molar-refractivity contribution in [2.24, 2.45) is 5.92 Å². The maximum Gasteiger partial charge on any atom is 0.0771 e. The van der Waals surface area contributed by atoms with Gasteiger partial charge in [0.05, 0.1) is 5.60 Å². The van der Waals surface area contributed by atoms with E-state index in [2.05, 4.69) is 18.3 Å². The van der Waals surface area contributed by atoms with Crippen LogP contribution >= 0.6 is 11.6 Å². The third-order valence-electron chi connectivity index (χ3n) is 4.29. The lowest BCUT2D eigenvalue weighted by Crippen LogP contribution is -2.43. The van der Waals surface area contributed by atoms with Gasteiger partial charge >= 0.3 is 0 Å². The molecule has 0 aromatic heterocycles. The van der Waals surface area contributed by atoms with Crippen molar-refractivity contribution in [2.45, 2.75) is 51.2 Å². The van der Waals surface area contributed by atoms with Crippen LogP contribution in [0.2, 0.25) is 5.02 Å². The molecule has 0 bridgehead atoms. The molecule has 1 aromatic carbocycles. The first-order valence-electron chi connectivity index (χ1n) is 7.29. The lowest BCUT2D eigenvalue weighted by atomic mass is 9.78. The molecule has 0 aliphatic heterocycles. The maximum atomic E-state index is 10.5. The van der Waals surface area contributed by atoms with Gasteiger partial charge in [-0.2, -0.15) is 0 Å². The Labute approximate surface area is 121 Å². The molecule has 0 unspecified atom stereocenters. The molecule has 0 spiro atoms. The topological polar surface area (TPSA) is 32.3 Å². The Morgan fingerprint density at radius 3 is 2.74 bits per heavy atom. The Balaban J connectivity index is 1.76. The zero-order chi connectivity index (χ0) is 13.7. The first kappa shape index (κ1) is 14.8. The molecule has 2 rings (SSSR count). The third kappa shape index (κ3) is 4.48. The van der Waals surface area contributed by atoms with Gasteiger partial charge in [-0.3, -0.25) is 0 Å². The molecule has 1 aliphatic carbocycles. The highest BCUT2D eigenvalue weighted by Gasteiger charge is 2.31. The molecule has 0 atom stereocenters. The van der Waals surface area contributed by atoms with Crippen molar-refractivity contribution in [3.05, 3.63) is 34.9 Å². The number of rotatable bonds is 5. The minimum Gasteiger partial charge on any atom is -0.389 e. The molecular formula is C16H24ClNO. The van der Waals surface area contributed by atoms with Crippen molar-refractivity contribution in [3.8, 4) is 0 Å². The average Bonchev–Trinajstić information content (AvgIpc) is 2.40. The fourth-order valence-electron chi connectivity index (χ4n) is 2.89. The second-order valence-corrected chi connectivity index (χ2v) is 6.25. The van der Waals surface area contributed by atoms with Crippen molar-refractivity contribution in [1.82, 2.24) is 5.32 Å². The summed E-state index contributed by atoms with van der Waals surface area (Å²) in [6.07, 6.45) is 5.41. The molecular weight excluding hydrogens is 258 g/mol. The standard InChI is InChI=1S/C16H24ClNO/c1-2-13-6-8-16(19,9-7-13)12-18-11-14-4-3-5-15(17)10-14/h3-5,10,13,18-19H,2,6-9,11-12H2,1H3. The van der Waals surface area contributed by atoms with Crippen molar-refractivity contribution in [2.75, 3.05) is 6.54 Å².